The molecule has 2 amide bonds. The van der Waals surface area contributed by atoms with Crippen molar-refractivity contribution in [3.63, 3.8) is 0 Å². The van der Waals surface area contributed by atoms with E-state index in [1.54, 1.807) is 4.68 Å². The minimum atomic E-state index is -0.191. The summed E-state index contributed by atoms with van der Waals surface area (Å²) in [5.74, 6) is 1.13. The SMILES string of the molecule is Cn1nc(C2CC2)cc1C(=O)NCC1C[C@H]2CC[C@@H](C1)N2CC(=O)NC(C)(C)C. The number of piperidine rings is 1. The Morgan fingerprint density at radius 2 is 1.79 bits per heavy atom. The predicted molar refractivity (Wildman–Crippen MR) is 112 cm³/mol. The molecule has 1 saturated carbocycles. The van der Waals surface area contributed by atoms with Gasteiger partial charge < -0.3 is 10.6 Å². The molecule has 0 radical (unpaired) electrons. The van der Waals surface area contributed by atoms with Crippen LogP contribution in [-0.4, -0.2) is 57.2 Å². The zero-order valence-electron chi connectivity index (χ0n) is 18.2. The van der Waals surface area contributed by atoms with Gasteiger partial charge in [0, 0.05) is 37.1 Å². The molecule has 0 spiro atoms. The number of rotatable bonds is 6. The Morgan fingerprint density at radius 3 is 2.38 bits per heavy atom. The van der Waals surface area contributed by atoms with Crippen molar-refractivity contribution in [2.24, 2.45) is 13.0 Å². The highest BCUT2D eigenvalue weighted by Gasteiger charge is 2.41. The Morgan fingerprint density at radius 1 is 1.14 bits per heavy atom. The van der Waals surface area contributed by atoms with Crippen molar-refractivity contribution in [1.29, 1.82) is 0 Å². The molecular weight excluding hydrogens is 366 g/mol. The molecule has 3 heterocycles. The van der Waals surface area contributed by atoms with Crippen LogP contribution in [0.25, 0.3) is 0 Å². The molecule has 2 bridgehead atoms. The van der Waals surface area contributed by atoms with Gasteiger partial charge in [-0.05, 0) is 71.3 Å². The second-order valence-corrected chi connectivity index (χ2v) is 10.3. The van der Waals surface area contributed by atoms with Crippen LogP contribution in [0.5, 0.6) is 0 Å². The van der Waals surface area contributed by atoms with E-state index in [9.17, 15) is 9.59 Å². The minimum absolute atomic E-state index is 0.0220. The second-order valence-electron chi connectivity index (χ2n) is 10.3. The van der Waals surface area contributed by atoms with Crippen molar-refractivity contribution in [3.05, 3.63) is 17.5 Å². The highest BCUT2D eigenvalue weighted by atomic mass is 16.2. The Bertz CT molecular complexity index is 763. The molecule has 1 unspecified atom stereocenters. The Kier molecular flexibility index (Phi) is 5.44. The van der Waals surface area contributed by atoms with Crippen molar-refractivity contribution >= 4 is 11.8 Å². The largest absolute Gasteiger partial charge is 0.350 e. The van der Waals surface area contributed by atoms with Gasteiger partial charge in [0.2, 0.25) is 5.91 Å². The second kappa shape index (κ2) is 7.74. The molecule has 3 aliphatic rings. The average Bonchev–Trinajstić information content (AvgIpc) is 3.36. The van der Waals surface area contributed by atoms with Gasteiger partial charge in [-0.2, -0.15) is 5.10 Å². The lowest BCUT2D eigenvalue weighted by molar-refractivity contribution is -0.125. The third-order valence-corrected chi connectivity index (χ3v) is 6.50. The van der Waals surface area contributed by atoms with Gasteiger partial charge in [-0.1, -0.05) is 0 Å². The molecule has 3 fully saturated rings. The standard InChI is InChI=1S/C22H35N5O2/c1-22(2,3)24-20(28)13-27-16-7-8-17(27)10-14(9-16)12-23-21(29)19-11-18(15-5-6-15)25-26(19)4/h11,14-17H,5-10,12-13H2,1-4H3,(H,23,29)(H,24,28)/t14?,16-,17+. The van der Waals surface area contributed by atoms with Gasteiger partial charge in [0.25, 0.3) is 5.91 Å². The fourth-order valence-electron chi connectivity index (χ4n) is 5.04. The van der Waals surface area contributed by atoms with E-state index in [0.29, 0.717) is 42.7 Å². The van der Waals surface area contributed by atoms with E-state index in [1.807, 2.05) is 33.9 Å². The summed E-state index contributed by atoms with van der Waals surface area (Å²) in [4.78, 5) is 27.4. The maximum Gasteiger partial charge on any atom is 0.269 e. The number of nitrogens with one attached hydrogen (secondary N) is 2. The molecule has 0 aromatic carbocycles. The molecule has 3 atom stereocenters. The number of carbonyl (C=O) groups is 2. The van der Waals surface area contributed by atoms with Gasteiger partial charge in [0.15, 0.2) is 0 Å². The van der Waals surface area contributed by atoms with Crippen LogP contribution in [-0.2, 0) is 11.8 Å². The van der Waals surface area contributed by atoms with Crippen molar-refractivity contribution in [2.75, 3.05) is 13.1 Å². The van der Waals surface area contributed by atoms with Gasteiger partial charge in [0.05, 0.1) is 12.2 Å². The Hall–Kier alpha value is -1.89. The maximum absolute atomic E-state index is 12.7. The number of fused-ring (bicyclic) bond motifs is 2. The van der Waals surface area contributed by atoms with E-state index in [4.69, 9.17) is 0 Å². The normalized spacial score (nSPS) is 27.1. The number of nitrogens with zero attached hydrogens (tertiary/aromatic N) is 3. The number of hydrogen-bond acceptors (Lipinski definition) is 4. The summed E-state index contributed by atoms with van der Waals surface area (Å²) in [5, 5.41) is 10.7. The Labute approximate surface area is 173 Å². The lowest BCUT2D eigenvalue weighted by atomic mass is 9.90. The first-order chi connectivity index (χ1) is 13.7. The van der Waals surface area contributed by atoms with E-state index in [-0.39, 0.29) is 17.4 Å². The number of hydrogen-bond donors (Lipinski definition) is 2. The molecule has 7 heteroatoms. The topological polar surface area (TPSA) is 79.3 Å². The van der Waals surface area contributed by atoms with Crippen molar-refractivity contribution in [2.45, 2.75) is 82.8 Å². The molecule has 2 N–H and O–H groups in total. The molecule has 1 aromatic heterocycles. The summed E-state index contributed by atoms with van der Waals surface area (Å²) in [6.07, 6.45) is 6.80. The zero-order chi connectivity index (χ0) is 20.8. The third-order valence-electron chi connectivity index (χ3n) is 6.50. The highest BCUT2D eigenvalue weighted by Crippen LogP contribution is 2.40. The maximum atomic E-state index is 12.7. The van der Waals surface area contributed by atoms with Crippen molar-refractivity contribution in [3.8, 4) is 0 Å². The van der Waals surface area contributed by atoms with Gasteiger partial charge in [0.1, 0.15) is 5.69 Å². The molecular formula is C22H35N5O2. The lowest BCUT2D eigenvalue weighted by Crippen LogP contribution is -2.52. The molecule has 160 valence electrons. The number of amides is 2. The van der Waals surface area contributed by atoms with Gasteiger partial charge in [-0.3, -0.25) is 19.2 Å². The fraction of sp³-hybridized carbons (Fsp3) is 0.773. The summed E-state index contributed by atoms with van der Waals surface area (Å²) in [6.45, 7) is 7.25. The van der Waals surface area contributed by atoms with E-state index in [2.05, 4.69) is 20.6 Å². The van der Waals surface area contributed by atoms with E-state index in [1.165, 1.54) is 12.8 Å². The molecule has 1 aromatic rings. The van der Waals surface area contributed by atoms with Crippen LogP contribution in [0.3, 0.4) is 0 Å². The molecule has 2 aliphatic heterocycles. The minimum Gasteiger partial charge on any atom is -0.350 e. The number of carbonyl (C=O) groups excluding carboxylic acids is 2. The van der Waals surface area contributed by atoms with Crippen molar-refractivity contribution < 1.29 is 9.59 Å². The first-order valence-corrected chi connectivity index (χ1v) is 11.1. The first kappa shape index (κ1) is 20.4. The van der Waals surface area contributed by atoms with Gasteiger partial charge in [-0.15, -0.1) is 0 Å². The summed E-state index contributed by atoms with van der Waals surface area (Å²) in [7, 11) is 1.85. The Balaban J connectivity index is 1.28. The lowest BCUT2D eigenvalue weighted by Gasteiger charge is -2.39. The molecule has 1 aliphatic carbocycles. The monoisotopic (exact) mass is 401 g/mol. The molecule has 7 nitrogen and oxygen atoms in total. The van der Waals surface area contributed by atoms with Crippen LogP contribution >= 0.6 is 0 Å². The zero-order valence-corrected chi connectivity index (χ0v) is 18.2. The van der Waals surface area contributed by atoms with Crippen LogP contribution in [0, 0.1) is 5.92 Å². The van der Waals surface area contributed by atoms with E-state index >= 15 is 0 Å². The average molecular weight is 402 g/mol. The number of aromatic nitrogens is 2. The number of aryl methyl sites for hydroxylation is 1. The highest BCUT2D eigenvalue weighted by molar-refractivity contribution is 5.92. The summed E-state index contributed by atoms with van der Waals surface area (Å²) < 4.78 is 1.71. The van der Waals surface area contributed by atoms with Crippen molar-refractivity contribution in [1.82, 2.24) is 25.3 Å². The summed E-state index contributed by atoms with van der Waals surface area (Å²) in [6, 6.07) is 2.87. The summed E-state index contributed by atoms with van der Waals surface area (Å²) in [5.41, 5.74) is 1.52. The van der Waals surface area contributed by atoms with Gasteiger partial charge in [-0.25, -0.2) is 0 Å². The smallest absolute Gasteiger partial charge is 0.269 e. The molecule has 4 rings (SSSR count). The van der Waals surface area contributed by atoms with Crippen LogP contribution in [0.4, 0.5) is 0 Å². The van der Waals surface area contributed by atoms with Crippen LogP contribution in [0.15, 0.2) is 6.07 Å². The third kappa shape index (κ3) is 4.82. The van der Waals surface area contributed by atoms with Crippen LogP contribution in [0.1, 0.15) is 81.4 Å². The predicted octanol–water partition coefficient (Wildman–Crippen LogP) is 2.18. The summed E-state index contributed by atoms with van der Waals surface area (Å²) >= 11 is 0. The van der Waals surface area contributed by atoms with E-state index in [0.717, 1.165) is 31.4 Å². The van der Waals surface area contributed by atoms with E-state index < -0.39 is 0 Å². The fourth-order valence-corrected chi connectivity index (χ4v) is 5.04. The van der Waals surface area contributed by atoms with Crippen LogP contribution in [0.2, 0.25) is 0 Å². The quantitative estimate of drug-likeness (QED) is 0.766. The van der Waals surface area contributed by atoms with Crippen LogP contribution < -0.4 is 10.6 Å². The first-order valence-electron chi connectivity index (χ1n) is 11.1. The molecule has 29 heavy (non-hydrogen) atoms. The van der Waals surface area contributed by atoms with Gasteiger partial charge >= 0.3 is 0 Å². The molecule has 2 saturated heterocycles.